The molecule has 3 rings (SSSR count). The molecule has 0 amide bonds. The van der Waals surface area contributed by atoms with Gasteiger partial charge in [-0.25, -0.2) is 0 Å². The molecule has 1 fully saturated rings. The van der Waals surface area contributed by atoms with Crippen LogP contribution in [-0.4, -0.2) is 33.8 Å². The van der Waals surface area contributed by atoms with Crippen molar-refractivity contribution in [1.82, 2.24) is 15.5 Å². The minimum atomic E-state index is -0.953. The third-order valence-corrected chi connectivity index (χ3v) is 5.69. The molecule has 1 aliphatic rings. The fraction of sp³-hybridized carbons (Fsp3) is 0.579. The molecule has 0 saturated carbocycles. The Labute approximate surface area is 157 Å². The maximum Gasteiger partial charge on any atom is 0.244 e. The largest absolute Gasteiger partial charge is 0.381 e. The van der Waals surface area contributed by atoms with Crippen molar-refractivity contribution in [3.8, 4) is 0 Å². The Balaban J connectivity index is 1.73. The number of aromatic nitrogens is 2. The first-order valence-corrected chi connectivity index (χ1v) is 10.7. The zero-order valence-corrected chi connectivity index (χ0v) is 16.4. The Morgan fingerprint density at radius 1 is 1.23 bits per heavy atom. The number of ether oxygens (including phenoxy) is 1. The zero-order valence-electron chi connectivity index (χ0n) is 15.6. The van der Waals surface area contributed by atoms with E-state index in [0.29, 0.717) is 18.4 Å². The average Bonchev–Trinajstić information content (AvgIpc) is 3.13. The normalized spacial score (nSPS) is 18.2. The molecule has 2 atom stereocenters. The molecule has 0 spiro atoms. The van der Waals surface area contributed by atoms with Crippen molar-refractivity contribution in [2.75, 3.05) is 19.5 Å². The first-order valence-electron chi connectivity index (χ1n) is 9.11. The predicted molar refractivity (Wildman–Crippen MR) is 100 cm³/mol. The van der Waals surface area contributed by atoms with E-state index in [1.807, 2.05) is 24.3 Å². The van der Waals surface area contributed by atoms with E-state index in [9.17, 15) is 4.21 Å². The molecule has 1 aromatic carbocycles. The summed E-state index contributed by atoms with van der Waals surface area (Å²) >= 11 is 0. The van der Waals surface area contributed by atoms with E-state index in [4.69, 9.17) is 9.26 Å². The van der Waals surface area contributed by atoms with Gasteiger partial charge >= 0.3 is 0 Å². The van der Waals surface area contributed by atoms with Crippen molar-refractivity contribution in [2.24, 2.45) is 5.92 Å². The van der Waals surface area contributed by atoms with Crippen molar-refractivity contribution in [3.05, 3.63) is 41.5 Å². The SMILES string of the molecule is CC(C)c1noc([C@@H](NCc2ccc([S@](C)=O)cc2)C2CCOCC2)n1. The lowest BCUT2D eigenvalue weighted by Gasteiger charge is -2.28. The fourth-order valence-corrected chi connectivity index (χ4v) is 3.66. The van der Waals surface area contributed by atoms with Gasteiger partial charge in [0.15, 0.2) is 5.82 Å². The van der Waals surface area contributed by atoms with Crippen LogP contribution in [0.25, 0.3) is 0 Å². The van der Waals surface area contributed by atoms with E-state index in [0.717, 1.165) is 42.3 Å². The minimum absolute atomic E-state index is 0.0129. The Hall–Kier alpha value is -1.57. The number of hydrogen-bond donors (Lipinski definition) is 1. The van der Waals surface area contributed by atoms with Crippen LogP contribution in [0.4, 0.5) is 0 Å². The van der Waals surface area contributed by atoms with Crippen molar-refractivity contribution < 1.29 is 13.5 Å². The van der Waals surface area contributed by atoms with Gasteiger partial charge in [-0.05, 0) is 36.5 Å². The summed E-state index contributed by atoms with van der Waals surface area (Å²) in [4.78, 5) is 5.45. The Morgan fingerprint density at radius 3 is 2.50 bits per heavy atom. The first-order chi connectivity index (χ1) is 12.5. The highest BCUT2D eigenvalue weighted by atomic mass is 32.2. The maximum atomic E-state index is 11.5. The highest BCUT2D eigenvalue weighted by Gasteiger charge is 2.30. The summed E-state index contributed by atoms with van der Waals surface area (Å²) in [6.07, 6.45) is 3.64. The second-order valence-electron chi connectivity index (χ2n) is 7.05. The monoisotopic (exact) mass is 377 g/mol. The lowest BCUT2D eigenvalue weighted by molar-refractivity contribution is 0.0485. The van der Waals surface area contributed by atoms with Crippen molar-refractivity contribution >= 4 is 10.8 Å². The van der Waals surface area contributed by atoms with Gasteiger partial charge in [0, 0.05) is 47.6 Å². The van der Waals surface area contributed by atoms with Crippen LogP contribution in [0.15, 0.2) is 33.7 Å². The molecule has 1 aliphatic heterocycles. The lowest BCUT2D eigenvalue weighted by Crippen LogP contribution is -2.32. The van der Waals surface area contributed by atoms with E-state index in [-0.39, 0.29) is 12.0 Å². The van der Waals surface area contributed by atoms with E-state index in [1.165, 1.54) is 0 Å². The van der Waals surface area contributed by atoms with Gasteiger partial charge in [0.05, 0.1) is 6.04 Å². The van der Waals surface area contributed by atoms with E-state index in [1.54, 1.807) is 6.26 Å². The van der Waals surface area contributed by atoms with Gasteiger partial charge < -0.3 is 14.6 Å². The van der Waals surface area contributed by atoms with Crippen LogP contribution in [0.2, 0.25) is 0 Å². The van der Waals surface area contributed by atoms with Gasteiger partial charge in [0.1, 0.15) is 0 Å². The number of hydrogen-bond acceptors (Lipinski definition) is 6. The van der Waals surface area contributed by atoms with Crippen LogP contribution >= 0.6 is 0 Å². The van der Waals surface area contributed by atoms with Crippen LogP contribution in [0.3, 0.4) is 0 Å². The Bertz CT molecular complexity index is 724. The molecule has 1 aromatic heterocycles. The molecular formula is C19H27N3O3S. The quantitative estimate of drug-likeness (QED) is 0.798. The number of nitrogens with one attached hydrogen (secondary N) is 1. The van der Waals surface area contributed by atoms with Gasteiger partial charge in [-0.2, -0.15) is 4.98 Å². The summed E-state index contributed by atoms with van der Waals surface area (Å²) < 4.78 is 22.6. The molecule has 7 heteroatoms. The van der Waals surface area contributed by atoms with E-state index < -0.39 is 10.8 Å². The standard InChI is InChI=1S/C19H27N3O3S/c1-13(2)18-21-19(25-22-18)17(15-8-10-24-11-9-15)20-12-14-4-6-16(7-5-14)26(3)23/h4-7,13,15,17,20H,8-12H2,1-3H3/t17-,26-/m0/s1. The summed E-state index contributed by atoms with van der Waals surface area (Å²) in [5.41, 5.74) is 1.14. The highest BCUT2D eigenvalue weighted by molar-refractivity contribution is 7.84. The van der Waals surface area contributed by atoms with Gasteiger partial charge in [-0.1, -0.05) is 31.1 Å². The third kappa shape index (κ3) is 4.78. The van der Waals surface area contributed by atoms with Crippen LogP contribution < -0.4 is 5.32 Å². The molecule has 2 heterocycles. The Morgan fingerprint density at radius 2 is 1.92 bits per heavy atom. The van der Waals surface area contributed by atoms with Gasteiger partial charge in [-0.15, -0.1) is 0 Å². The fourth-order valence-electron chi connectivity index (χ4n) is 3.14. The van der Waals surface area contributed by atoms with Gasteiger partial charge in [0.2, 0.25) is 5.89 Å². The summed E-state index contributed by atoms with van der Waals surface area (Å²) in [5, 5.41) is 7.72. The molecule has 0 radical (unpaired) electrons. The summed E-state index contributed by atoms with van der Waals surface area (Å²) in [5.74, 6) is 2.05. The molecule has 0 aliphatic carbocycles. The lowest BCUT2D eigenvalue weighted by atomic mass is 9.91. The van der Waals surface area contributed by atoms with Crippen LogP contribution in [0.1, 0.15) is 55.9 Å². The maximum absolute atomic E-state index is 11.5. The molecule has 0 unspecified atom stereocenters. The molecule has 0 bridgehead atoms. The van der Waals surface area contributed by atoms with Crippen LogP contribution in [0, 0.1) is 5.92 Å². The Kier molecular flexibility index (Phi) is 6.56. The van der Waals surface area contributed by atoms with Crippen LogP contribution in [0.5, 0.6) is 0 Å². The molecule has 2 aromatic rings. The second kappa shape index (κ2) is 8.88. The topological polar surface area (TPSA) is 77.2 Å². The average molecular weight is 378 g/mol. The number of benzene rings is 1. The summed E-state index contributed by atoms with van der Waals surface area (Å²) in [7, 11) is -0.953. The summed E-state index contributed by atoms with van der Waals surface area (Å²) in [6.45, 7) is 6.35. The molecule has 1 saturated heterocycles. The molecular weight excluding hydrogens is 350 g/mol. The third-order valence-electron chi connectivity index (χ3n) is 4.76. The molecule has 6 nitrogen and oxygen atoms in total. The van der Waals surface area contributed by atoms with E-state index in [2.05, 4.69) is 29.3 Å². The zero-order chi connectivity index (χ0) is 18.5. The smallest absolute Gasteiger partial charge is 0.244 e. The van der Waals surface area contributed by atoms with Crippen molar-refractivity contribution in [2.45, 2.75) is 50.1 Å². The van der Waals surface area contributed by atoms with Crippen molar-refractivity contribution in [3.63, 3.8) is 0 Å². The molecule has 1 N–H and O–H groups in total. The van der Waals surface area contributed by atoms with E-state index >= 15 is 0 Å². The number of rotatable bonds is 7. The number of nitrogens with zero attached hydrogens (tertiary/aromatic N) is 2. The minimum Gasteiger partial charge on any atom is -0.381 e. The van der Waals surface area contributed by atoms with Gasteiger partial charge in [0.25, 0.3) is 0 Å². The first kappa shape index (κ1) is 19.2. The second-order valence-corrected chi connectivity index (χ2v) is 8.43. The predicted octanol–water partition coefficient (Wildman–Crippen LogP) is 3.19. The molecule has 26 heavy (non-hydrogen) atoms. The van der Waals surface area contributed by atoms with Gasteiger partial charge in [-0.3, -0.25) is 4.21 Å². The highest BCUT2D eigenvalue weighted by Crippen LogP contribution is 2.30. The summed E-state index contributed by atoms with van der Waals surface area (Å²) in [6, 6.07) is 7.87. The molecule has 142 valence electrons. The van der Waals surface area contributed by atoms with Crippen molar-refractivity contribution in [1.29, 1.82) is 0 Å². The van der Waals surface area contributed by atoms with Crippen LogP contribution in [-0.2, 0) is 22.1 Å².